The molecule has 0 aliphatic heterocycles. The van der Waals surface area contributed by atoms with E-state index in [4.69, 9.17) is 0 Å². The topological polar surface area (TPSA) is 24.9 Å². The summed E-state index contributed by atoms with van der Waals surface area (Å²) in [6.45, 7) is 5.29. The number of rotatable bonds is 5. The van der Waals surface area contributed by atoms with Gasteiger partial charge in [-0.3, -0.25) is 0 Å². The molecule has 2 nitrogen and oxygen atoms in total. The molecular formula is C13H14N2S. The summed E-state index contributed by atoms with van der Waals surface area (Å²) in [4.78, 5) is 4.57. The van der Waals surface area contributed by atoms with Gasteiger partial charge in [0.25, 0.3) is 0 Å². The molecular weight excluding hydrogens is 216 g/mol. The van der Waals surface area contributed by atoms with Gasteiger partial charge in [-0.05, 0) is 0 Å². The number of nitrogens with zero attached hydrogens (tertiary/aromatic N) is 1. The highest BCUT2D eigenvalue weighted by Gasteiger charge is 2.02. The van der Waals surface area contributed by atoms with Crippen molar-refractivity contribution in [3.8, 4) is 11.3 Å². The van der Waals surface area contributed by atoms with Crippen LogP contribution in [-0.4, -0.2) is 11.5 Å². The Kier molecular flexibility index (Phi) is 3.86. The van der Waals surface area contributed by atoms with E-state index in [0.717, 1.165) is 23.8 Å². The molecule has 0 radical (unpaired) electrons. The van der Waals surface area contributed by atoms with Crippen molar-refractivity contribution in [2.75, 3.05) is 6.54 Å². The minimum atomic E-state index is 0.809. The highest BCUT2D eigenvalue weighted by atomic mass is 32.1. The molecule has 0 bridgehead atoms. The van der Waals surface area contributed by atoms with Gasteiger partial charge in [0, 0.05) is 24.0 Å². The molecule has 0 saturated carbocycles. The molecule has 1 N–H and O–H groups in total. The molecule has 1 aromatic heterocycles. The van der Waals surface area contributed by atoms with Gasteiger partial charge in [0.2, 0.25) is 0 Å². The molecule has 0 aliphatic carbocycles. The lowest BCUT2D eigenvalue weighted by Crippen LogP contribution is -2.12. The zero-order valence-electron chi connectivity index (χ0n) is 9.02. The Morgan fingerprint density at radius 2 is 2.12 bits per heavy atom. The van der Waals surface area contributed by atoms with Gasteiger partial charge in [-0.2, -0.15) is 0 Å². The first-order valence-corrected chi connectivity index (χ1v) is 6.09. The van der Waals surface area contributed by atoms with Crippen molar-refractivity contribution in [1.29, 1.82) is 0 Å². The third kappa shape index (κ3) is 2.78. The predicted octanol–water partition coefficient (Wildman–Crippen LogP) is 3.09. The summed E-state index contributed by atoms with van der Waals surface area (Å²) < 4.78 is 0. The molecule has 16 heavy (non-hydrogen) atoms. The fraction of sp³-hybridized carbons (Fsp3) is 0.154. The van der Waals surface area contributed by atoms with Gasteiger partial charge in [0.1, 0.15) is 5.01 Å². The lowest BCUT2D eigenvalue weighted by Gasteiger charge is -1.97. The van der Waals surface area contributed by atoms with Crippen molar-refractivity contribution in [3.05, 3.63) is 53.4 Å². The van der Waals surface area contributed by atoms with E-state index in [0.29, 0.717) is 0 Å². The average Bonchev–Trinajstić information content (AvgIpc) is 2.79. The third-order valence-electron chi connectivity index (χ3n) is 2.19. The summed E-state index contributed by atoms with van der Waals surface area (Å²) in [5.41, 5.74) is 2.23. The van der Waals surface area contributed by atoms with E-state index in [9.17, 15) is 0 Å². The Balaban J connectivity index is 2.05. The van der Waals surface area contributed by atoms with Crippen LogP contribution in [0, 0.1) is 0 Å². The second-order valence-electron chi connectivity index (χ2n) is 3.41. The van der Waals surface area contributed by atoms with Gasteiger partial charge >= 0.3 is 0 Å². The number of nitrogens with one attached hydrogen (secondary N) is 1. The third-order valence-corrected chi connectivity index (χ3v) is 3.04. The minimum absolute atomic E-state index is 0.809. The van der Waals surface area contributed by atoms with Crippen LogP contribution < -0.4 is 5.32 Å². The van der Waals surface area contributed by atoms with Gasteiger partial charge in [0.15, 0.2) is 0 Å². The van der Waals surface area contributed by atoms with Gasteiger partial charge in [-0.25, -0.2) is 4.98 Å². The Morgan fingerprint density at radius 3 is 2.88 bits per heavy atom. The standard InChI is InChI=1S/C13H14N2S/c1-2-8-14-9-13-15-12(10-16-13)11-6-4-3-5-7-11/h2-7,10,14H,1,8-9H2. The molecule has 0 atom stereocenters. The zero-order chi connectivity index (χ0) is 11.2. The molecule has 82 valence electrons. The van der Waals surface area contributed by atoms with Crippen molar-refractivity contribution in [2.45, 2.75) is 6.54 Å². The van der Waals surface area contributed by atoms with Crippen LogP contribution in [-0.2, 0) is 6.54 Å². The molecule has 1 heterocycles. The highest BCUT2D eigenvalue weighted by molar-refractivity contribution is 7.09. The van der Waals surface area contributed by atoms with E-state index < -0.39 is 0 Å². The molecule has 0 saturated heterocycles. The first-order valence-electron chi connectivity index (χ1n) is 5.21. The van der Waals surface area contributed by atoms with Gasteiger partial charge < -0.3 is 5.32 Å². The van der Waals surface area contributed by atoms with Crippen molar-refractivity contribution in [1.82, 2.24) is 10.3 Å². The maximum atomic E-state index is 4.57. The molecule has 3 heteroatoms. The lowest BCUT2D eigenvalue weighted by atomic mass is 10.2. The van der Waals surface area contributed by atoms with Crippen LogP contribution in [0.4, 0.5) is 0 Å². The first kappa shape index (κ1) is 11.0. The van der Waals surface area contributed by atoms with Crippen molar-refractivity contribution in [2.24, 2.45) is 0 Å². The maximum Gasteiger partial charge on any atom is 0.107 e. The van der Waals surface area contributed by atoms with Crippen molar-refractivity contribution < 1.29 is 0 Å². The van der Waals surface area contributed by atoms with Crippen LogP contribution in [0.5, 0.6) is 0 Å². The summed E-state index contributed by atoms with van der Waals surface area (Å²) in [5.74, 6) is 0. The molecule has 1 aromatic carbocycles. The van der Waals surface area contributed by atoms with Gasteiger partial charge in [-0.1, -0.05) is 36.4 Å². The van der Waals surface area contributed by atoms with Gasteiger partial charge in [0.05, 0.1) is 5.69 Å². The van der Waals surface area contributed by atoms with Gasteiger partial charge in [-0.15, -0.1) is 17.9 Å². The fourth-order valence-corrected chi connectivity index (χ4v) is 2.19. The average molecular weight is 230 g/mol. The monoisotopic (exact) mass is 230 g/mol. The number of hydrogen-bond donors (Lipinski definition) is 1. The summed E-state index contributed by atoms with van der Waals surface area (Å²) in [7, 11) is 0. The smallest absolute Gasteiger partial charge is 0.107 e. The van der Waals surface area contributed by atoms with E-state index in [2.05, 4.69) is 34.4 Å². The molecule has 0 amide bonds. The number of benzene rings is 1. The predicted molar refractivity (Wildman–Crippen MR) is 69.5 cm³/mol. The fourth-order valence-electron chi connectivity index (χ4n) is 1.41. The first-order chi connectivity index (χ1) is 7.90. The van der Waals surface area contributed by atoms with E-state index in [1.165, 1.54) is 5.56 Å². The summed E-state index contributed by atoms with van der Waals surface area (Å²) >= 11 is 1.69. The quantitative estimate of drug-likeness (QED) is 0.630. The highest BCUT2D eigenvalue weighted by Crippen LogP contribution is 2.21. The van der Waals surface area contributed by atoms with Crippen LogP contribution in [0.1, 0.15) is 5.01 Å². The Labute approximate surface area is 99.7 Å². The van der Waals surface area contributed by atoms with Crippen LogP contribution in [0.2, 0.25) is 0 Å². The van der Waals surface area contributed by atoms with Crippen molar-refractivity contribution >= 4 is 11.3 Å². The summed E-state index contributed by atoms with van der Waals surface area (Å²) in [6, 6.07) is 10.2. The molecule has 0 unspecified atom stereocenters. The molecule has 0 fully saturated rings. The largest absolute Gasteiger partial charge is 0.307 e. The van der Waals surface area contributed by atoms with Crippen LogP contribution >= 0.6 is 11.3 Å². The molecule has 0 spiro atoms. The van der Waals surface area contributed by atoms with E-state index in [-0.39, 0.29) is 0 Å². The van der Waals surface area contributed by atoms with Crippen LogP contribution in [0.3, 0.4) is 0 Å². The molecule has 2 rings (SSSR count). The number of aromatic nitrogens is 1. The van der Waals surface area contributed by atoms with E-state index in [1.54, 1.807) is 11.3 Å². The van der Waals surface area contributed by atoms with E-state index >= 15 is 0 Å². The normalized spacial score (nSPS) is 10.2. The Bertz CT molecular complexity index is 448. The van der Waals surface area contributed by atoms with Crippen LogP contribution in [0.25, 0.3) is 11.3 Å². The zero-order valence-corrected chi connectivity index (χ0v) is 9.83. The second-order valence-corrected chi connectivity index (χ2v) is 4.35. The Hall–Kier alpha value is -1.45. The SMILES string of the molecule is C=CCNCc1nc(-c2ccccc2)cs1. The van der Waals surface area contributed by atoms with Crippen molar-refractivity contribution in [3.63, 3.8) is 0 Å². The second kappa shape index (κ2) is 5.58. The van der Waals surface area contributed by atoms with Crippen LogP contribution in [0.15, 0.2) is 48.4 Å². The number of thiazole rings is 1. The molecule has 2 aromatic rings. The lowest BCUT2D eigenvalue weighted by molar-refractivity contribution is 0.755. The minimum Gasteiger partial charge on any atom is -0.307 e. The Morgan fingerprint density at radius 1 is 1.31 bits per heavy atom. The molecule has 0 aliphatic rings. The summed E-state index contributed by atoms with van der Waals surface area (Å²) in [5, 5.41) is 6.46. The van der Waals surface area contributed by atoms with E-state index in [1.807, 2.05) is 24.3 Å². The summed E-state index contributed by atoms with van der Waals surface area (Å²) in [6.07, 6.45) is 1.85. The number of hydrogen-bond acceptors (Lipinski definition) is 3. The maximum absolute atomic E-state index is 4.57.